The highest BCUT2D eigenvalue weighted by molar-refractivity contribution is 7.71. The predicted octanol–water partition coefficient (Wildman–Crippen LogP) is 3.81. The number of ether oxygens (including phenoxy) is 2. The third-order valence-corrected chi connectivity index (χ3v) is 4.20. The van der Waals surface area contributed by atoms with Gasteiger partial charge in [-0.15, -0.1) is 0 Å². The number of esters is 1. The fraction of sp³-hybridized carbons (Fsp3) is 0.200. The van der Waals surface area contributed by atoms with Crippen molar-refractivity contribution in [2.24, 2.45) is 5.10 Å². The van der Waals surface area contributed by atoms with Crippen LogP contribution in [0.25, 0.3) is 0 Å². The van der Waals surface area contributed by atoms with Crippen LogP contribution < -0.4 is 4.74 Å². The monoisotopic (exact) mass is 396 g/mol. The van der Waals surface area contributed by atoms with Gasteiger partial charge in [0.1, 0.15) is 12.4 Å². The van der Waals surface area contributed by atoms with E-state index in [1.165, 1.54) is 11.8 Å². The first-order chi connectivity index (χ1) is 13.5. The fourth-order valence-electron chi connectivity index (χ4n) is 2.65. The zero-order chi connectivity index (χ0) is 20.1. The Morgan fingerprint density at radius 3 is 2.54 bits per heavy atom. The molecule has 0 fully saturated rings. The van der Waals surface area contributed by atoms with Crippen molar-refractivity contribution in [1.29, 1.82) is 0 Å². The van der Waals surface area contributed by atoms with Crippen molar-refractivity contribution in [3.63, 3.8) is 0 Å². The molecule has 0 radical (unpaired) electrons. The summed E-state index contributed by atoms with van der Waals surface area (Å²) >= 11 is 5.25. The molecule has 1 aromatic heterocycles. The van der Waals surface area contributed by atoms with Gasteiger partial charge in [-0.25, -0.2) is 9.89 Å². The number of aromatic nitrogens is 3. The summed E-state index contributed by atoms with van der Waals surface area (Å²) in [6.45, 7) is 4.26. The first-order valence-corrected chi connectivity index (χ1v) is 8.97. The van der Waals surface area contributed by atoms with Gasteiger partial charge >= 0.3 is 5.97 Å². The molecule has 0 saturated carbocycles. The van der Waals surface area contributed by atoms with Gasteiger partial charge in [0.15, 0.2) is 5.82 Å². The Balaban J connectivity index is 1.74. The number of methoxy groups -OCH3 is 1. The Kier molecular flexibility index (Phi) is 6.00. The summed E-state index contributed by atoms with van der Waals surface area (Å²) < 4.78 is 12.4. The molecule has 0 amide bonds. The Morgan fingerprint density at radius 2 is 1.89 bits per heavy atom. The third-order valence-electron chi connectivity index (χ3n) is 3.93. The first-order valence-electron chi connectivity index (χ1n) is 8.56. The lowest BCUT2D eigenvalue weighted by Crippen LogP contribution is -2.04. The molecule has 0 aliphatic rings. The number of benzene rings is 2. The molecule has 0 bridgehead atoms. The molecular formula is C20H20N4O3S. The van der Waals surface area contributed by atoms with Gasteiger partial charge in [0.05, 0.1) is 18.9 Å². The lowest BCUT2D eigenvalue weighted by molar-refractivity contribution is 0.0600. The maximum atomic E-state index is 11.5. The molecule has 0 atom stereocenters. The Morgan fingerprint density at radius 1 is 1.21 bits per heavy atom. The van der Waals surface area contributed by atoms with Gasteiger partial charge in [-0.3, -0.25) is 0 Å². The molecule has 1 heterocycles. The fourth-order valence-corrected chi connectivity index (χ4v) is 2.85. The van der Waals surface area contributed by atoms with E-state index >= 15 is 0 Å². The van der Waals surface area contributed by atoms with Crippen LogP contribution in [0.5, 0.6) is 5.75 Å². The van der Waals surface area contributed by atoms with Crippen LogP contribution in [-0.2, 0) is 11.3 Å². The van der Waals surface area contributed by atoms with Crippen molar-refractivity contribution >= 4 is 24.4 Å². The SMILES string of the molecule is COC(=O)c1ccc(/C=N\n2c(COc3cc(C)cc(C)c3)n[nH]c2=S)cc1. The number of hydrogen-bond acceptors (Lipinski definition) is 6. The molecule has 3 rings (SSSR count). The molecule has 1 N–H and O–H groups in total. The molecule has 2 aromatic carbocycles. The minimum atomic E-state index is -0.383. The number of nitrogens with zero attached hydrogens (tertiary/aromatic N) is 3. The second-order valence-electron chi connectivity index (χ2n) is 6.23. The topological polar surface area (TPSA) is 81.5 Å². The molecule has 28 heavy (non-hydrogen) atoms. The van der Waals surface area contributed by atoms with Gasteiger partial charge in [0, 0.05) is 0 Å². The van der Waals surface area contributed by atoms with Crippen molar-refractivity contribution in [1.82, 2.24) is 14.9 Å². The second kappa shape index (κ2) is 8.62. The lowest BCUT2D eigenvalue weighted by Gasteiger charge is -2.07. The van der Waals surface area contributed by atoms with E-state index in [0.29, 0.717) is 16.2 Å². The van der Waals surface area contributed by atoms with E-state index in [9.17, 15) is 4.79 Å². The van der Waals surface area contributed by atoms with Gasteiger partial charge in [0.2, 0.25) is 4.77 Å². The van der Waals surface area contributed by atoms with E-state index in [0.717, 1.165) is 22.4 Å². The van der Waals surface area contributed by atoms with Crippen molar-refractivity contribution in [2.45, 2.75) is 20.5 Å². The average Bonchev–Trinajstić information content (AvgIpc) is 3.03. The Bertz CT molecular complexity index is 1050. The van der Waals surface area contributed by atoms with Crippen LogP contribution in [0, 0.1) is 18.6 Å². The molecule has 7 nitrogen and oxygen atoms in total. The number of aryl methyl sites for hydroxylation is 2. The smallest absolute Gasteiger partial charge is 0.337 e. The summed E-state index contributed by atoms with van der Waals surface area (Å²) in [5.41, 5.74) is 3.53. The number of carbonyl (C=O) groups excluding carboxylic acids is 1. The number of carbonyl (C=O) groups is 1. The van der Waals surface area contributed by atoms with E-state index < -0.39 is 0 Å². The molecule has 0 aliphatic carbocycles. The van der Waals surface area contributed by atoms with Crippen LogP contribution in [0.3, 0.4) is 0 Å². The largest absolute Gasteiger partial charge is 0.486 e. The number of hydrogen-bond donors (Lipinski definition) is 1. The molecular weight excluding hydrogens is 376 g/mol. The molecule has 0 aliphatic heterocycles. The third kappa shape index (κ3) is 4.72. The van der Waals surface area contributed by atoms with Crippen LogP contribution in [0.2, 0.25) is 0 Å². The van der Waals surface area contributed by atoms with Crippen molar-refractivity contribution in [3.8, 4) is 5.75 Å². The summed E-state index contributed by atoms with van der Waals surface area (Å²) in [7, 11) is 1.35. The molecule has 0 spiro atoms. The van der Waals surface area contributed by atoms with Crippen molar-refractivity contribution < 1.29 is 14.3 Å². The van der Waals surface area contributed by atoms with Crippen LogP contribution in [0.4, 0.5) is 0 Å². The number of rotatable bonds is 6. The van der Waals surface area contributed by atoms with Crippen molar-refractivity contribution in [3.05, 3.63) is 75.3 Å². The highest BCUT2D eigenvalue weighted by Crippen LogP contribution is 2.17. The van der Waals surface area contributed by atoms with Crippen molar-refractivity contribution in [2.75, 3.05) is 7.11 Å². The van der Waals surface area contributed by atoms with E-state index in [2.05, 4.69) is 26.1 Å². The maximum Gasteiger partial charge on any atom is 0.337 e. The summed E-state index contributed by atoms with van der Waals surface area (Å²) in [6.07, 6.45) is 1.63. The molecule has 8 heteroatoms. The Labute approximate surface area is 167 Å². The zero-order valence-electron chi connectivity index (χ0n) is 15.8. The van der Waals surface area contributed by atoms with Gasteiger partial charge in [0.25, 0.3) is 0 Å². The molecule has 3 aromatic rings. The highest BCUT2D eigenvalue weighted by Gasteiger charge is 2.07. The van der Waals surface area contributed by atoms with Gasteiger partial charge in [-0.2, -0.15) is 14.9 Å². The van der Waals surface area contributed by atoms with Crippen LogP contribution in [0.15, 0.2) is 47.6 Å². The highest BCUT2D eigenvalue weighted by atomic mass is 32.1. The quantitative estimate of drug-likeness (QED) is 0.389. The first kappa shape index (κ1) is 19.5. The normalized spacial score (nSPS) is 11.0. The summed E-state index contributed by atoms with van der Waals surface area (Å²) in [6, 6.07) is 12.9. The maximum absolute atomic E-state index is 11.5. The van der Waals surface area contributed by atoms with E-state index in [-0.39, 0.29) is 12.6 Å². The van der Waals surface area contributed by atoms with E-state index in [4.69, 9.17) is 17.0 Å². The summed E-state index contributed by atoms with van der Waals surface area (Å²) in [5.74, 6) is 0.929. The summed E-state index contributed by atoms with van der Waals surface area (Å²) in [5, 5.41) is 11.3. The lowest BCUT2D eigenvalue weighted by atomic mass is 10.1. The minimum absolute atomic E-state index is 0.217. The van der Waals surface area contributed by atoms with Crippen LogP contribution >= 0.6 is 12.2 Å². The summed E-state index contributed by atoms with van der Waals surface area (Å²) in [4.78, 5) is 11.5. The Hall–Kier alpha value is -3.26. The molecule has 144 valence electrons. The zero-order valence-corrected chi connectivity index (χ0v) is 16.6. The number of nitrogens with one attached hydrogen (secondary N) is 1. The standard InChI is InChI=1S/C20H20N4O3S/c1-13-8-14(2)10-17(9-13)27-12-18-22-23-20(28)24(18)21-11-15-4-6-16(7-5-15)19(25)26-3/h4-11H,12H2,1-3H3,(H,23,28)/b21-11-. The predicted molar refractivity (Wildman–Crippen MR) is 108 cm³/mol. The van der Waals surface area contributed by atoms with Gasteiger partial charge < -0.3 is 9.47 Å². The van der Waals surface area contributed by atoms with E-state index in [1.807, 2.05) is 26.0 Å². The average molecular weight is 396 g/mol. The second-order valence-corrected chi connectivity index (χ2v) is 6.61. The van der Waals surface area contributed by atoms with Crippen LogP contribution in [0.1, 0.15) is 32.9 Å². The molecule has 0 unspecified atom stereocenters. The van der Waals surface area contributed by atoms with Crippen LogP contribution in [-0.4, -0.2) is 34.2 Å². The number of H-pyrrole nitrogens is 1. The van der Waals surface area contributed by atoms with Gasteiger partial charge in [-0.05, 0) is 67.0 Å². The van der Waals surface area contributed by atoms with E-state index in [1.54, 1.807) is 30.5 Å². The minimum Gasteiger partial charge on any atom is -0.486 e. The molecule has 0 saturated heterocycles. The number of aromatic amines is 1. The van der Waals surface area contributed by atoms with Gasteiger partial charge in [-0.1, -0.05) is 18.2 Å².